The smallest absolute Gasteiger partial charge is 0.276 e. The topological polar surface area (TPSA) is 80.5 Å². The molecule has 0 bridgehead atoms. The molecule has 104 valence electrons. The van der Waals surface area contributed by atoms with Crippen molar-refractivity contribution in [3.63, 3.8) is 0 Å². The summed E-state index contributed by atoms with van der Waals surface area (Å²) in [6, 6.07) is 2.93. The molecule has 0 radical (unpaired) electrons. The maximum atomic E-state index is 10.9. The lowest BCUT2D eigenvalue weighted by atomic mass is 10.2. The van der Waals surface area contributed by atoms with Crippen LogP contribution in [0.4, 0.5) is 17.3 Å². The van der Waals surface area contributed by atoms with Gasteiger partial charge in [-0.15, -0.1) is 0 Å². The van der Waals surface area contributed by atoms with Crippen molar-refractivity contribution in [3.8, 4) is 0 Å². The van der Waals surface area contributed by atoms with E-state index >= 15 is 0 Å². The zero-order valence-electron chi connectivity index (χ0n) is 11.3. The third kappa shape index (κ3) is 3.11. The largest absolute Gasteiger partial charge is 0.373 e. The van der Waals surface area contributed by atoms with Crippen LogP contribution in [0.25, 0.3) is 0 Å². The van der Waals surface area contributed by atoms with Crippen molar-refractivity contribution in [2.75, 3.05) is 30.4 Å². The van der Waals surface area contributed by atoms with Gasteiger partial charge in [0.05, 0.1) is 29.3 Å². The Morgan fingerprint density at radius 3 is 2.58 bits per heavy atom. The average Bonchev–Trinajstić information content (AvgIpc) is 2.37. The van der Waals surface area contributed by atoms with Crippen molar-refractivity contribution in [1.82, 2.24) is 4.98 Å². The number of nitro groups is 1. The summed E-state index contributed by atoms with van der Waals surface area (Å²) in [6.07, 6.45) is 0.172. The van der Waals surface area contributed by atoms with Crippen molar-refractivity contribution in [1.29, 1.82) is 0 Å². The maximum absolute atomic E-state index is 10.9. The number of nitrogens with one attached hydrogen (secondary N) is 1. The van der Waals surface area contributed by atoms with E-state index in [1.165, 1.54) is 12.1 Å². The highest BCUT2D eigenvalue weighted by Crippen LogP contribution is 2.25. The minimum Gasteiger partial charge on any atom is -0.373 e. The molecule has 19 heavy (non-hydrogen) atoms. The van der Waals surface area contributed by atoms with E-state index in [4.69, 9.17) is 4.74 Å². The Morgan fingerprint density at radius 2 is 2.05 bits per heavy atom. The fourth-order valence-corrected chi connectivity index (χ4v) is 2.26. The van der Waals surface area contributed by atoms with E-state index in [9.17, 15) is 10.1 Å². The molecule has 1 aliphatic heterocycles. The van der Waals surface area contributed by atoms with Gasteiger partial charge in [-0.1, -0.05) is 0 Å². The average molecular weight is 266 g/mol. The summed E-state index contributed by atoms with van der Waals surface area (Å²) in [7, 11) is 1.69. The first-order valence-corrected chi connectivity index (χ1v) is 6.24. The molecule has 2 rings (SSSR count). The Labute approximate surface area is 111 Å². The zero-order chi connectivity index (χ0) is 14.0. The van der Waals surface area contributed by atoms with Gasteiger partial charge in [-0.25, -0.2) is 4.98 Å². The molecule has 1 aliphatic rings. The summed E-state index contributed by atoms with van der Waals surface area (Å²) in [5.41, 5.74) is 0.0427. The van der Waals surface area contributed by atoms with Crippen molar-refractivity contribution in [2.24, 2.45) is 0 Å². The summed E-state index contributed by atoms with van der Waals surface area (Å²) >= 11 is 0. The normalized spacial score (nSPS) is 23.2. The SMILES string of the molecule is CNc1cc([N+](=O)[O-])cc(N2C[C@@H](C)O[C@@H](C)C2)n1. The minimum atomic E-state index is -0.403. The predicted molar refractivity (Wildman–Crippen MR) is 72.7 cm³/mol. The standard InChI is InChI=1S/C12H18N4O3/c1-8-6-15(7-9(2)19-8)12-5-10(16(17)18)4-11(13-3)14-12/h4-5,8-9H,6-7H2,1-3H3,(H,13,14)/t8-,9+. The number of rotatable bonds is 3. The Bertz CT molecular complexity index is 470. The molecular formula is C12H18N4O3. The van der Waals surface area contributed by atoms with Crippen molar-refractivity contribution in [2.45, 2.75) is 26.1 Å². The highest BCUT2D eigenvalue weighted by atomic mass is 16.6. The maximum Gasteiger partial charge on any atom is 0.276 e. The fourth-order valence-electron chi connectivity index (χ4n) is 2.26. The molecule has 0 saturated carbocycles. The van der Waals surface area contributed by atoms with Crippen LogP contribution in [0, 0.1) is 10.1 Å². The first kappa shape index (κ1) is 13.5. The second-order valence-corrected chi connectivity index (χ2v) is 4.74. The van der Waals surface area contributed by atoms with Crippen LogP contribution in [0.5, 0.6) is 0 Å². The lowest BCUT2D eigenvalue weighted by molar-refractivity contribution is -0.384. The van der Waals surface area contributed by atoms with Crippen molar-refractivity contribution in [3.05, 3.63) is 22.2 Å². The van der Waals surface area contributed by atoms with Gasteiger partial charge in [0, 0.05) is 20.1 Å². The first-order valence-electron chi connectivity index (χ1n) is 6.24. The molecule has 0 spiro atoms. The molecule has 1 aromatic rings. The third-order valence-corrected chi connectivity index (χ3v) is 3.01. The molecule has 0 aliphatic carbocycles. The summed E-state index contributed by atoms with van der Waals surface area (Å²) < 4.78 is 5.65. The summed E-state index contributed by atoms with van der Waals surface area (Å²) in [6.45, 7) is 5.33. The second kappa shape index (κ2) is 5.40. The predicted octanol–water partition coefficient (Wildman–Crippen LogP) is 1.65. The monoisotopic (exact) mass is 266 g/mol. The lowest BCUT2D eigenvalue weighted by Gasteiger charge is -2.36. The van der Waals surface area contributed by atoms with E-state index in [0.717, 1.165) is 0 Å². The number of hydrogen-bond acceptors (Lipinski definition) is 6. The van der Waals surface area contributed by atoms with Gasteiger partial charge in [-0.05, 0) is 13.8 Å². The van der Waals surface area contributed by atoms with Crippen LogP contribution in [-0.4, -0.2) is 42.3 Å². The highest BCUT2D eigenvalue weighted by Gasteiger charge is 2.24. The quantitative estimate of drug-likeness (QED) is 0.661. The van der Waals surface area contributed by atoms with E-state index in [2.05, 4.69) is 10.3 Å². The molecule has 1 aromatic heterocycles. The third-order valence-electron chi connectivity index (χ3n) is 3.01. The number of anilines is 2. The number of nitrogens with zero attached hydrogens (tertiary/aromatic N) is 3. The Balaban J connectivity index is 2.32. The van der Waals surface area contributed by atoms with Gasteiger partial charge < -0.3 is 15.0 Å². The van der Waals surface area contributed by atoms with Gasteiger partial charge in [-0.2, -0.15) is 0 Å². The van der Waals surface area contributed by atoms with Crippen LogP contribution in [0.15, 0.2) is 12.1 Å². The van der Waals surface area contributed by atoms with Crippen LogP contribution in [0.1, 0.15) is 13.8 Å². The van der Waals surface area contributed by atoms with Crippen LogP contribution in [0.2, 0.25) is 0 Å². The summed E-state index contributed by atoms with van der Waals surface area (Å²) in [5.74, 6) is 1.11. The number of pyridine rings is 1. The van der Waals surface area contributed by atoms with E-state index in [0.29, 0.717) is 24.7 Å². The molecule has 7 heteroatoms. The molecule has 7 nitrogen and oxygen atoms in total. The number of hydrogen-bond donors (Lipinski definition) is 1. The van der Waals surface area contributed by atoms with E-state index in [1.807, 2.05) is 18.7 Å². The van der Waals surface area contributed by atoms with Crippen LogP contribution < -0.4 is 10.2 Å². The fraction of sp³-hybridized carbons (Fsp3) is 0.583. The molecule has 1 saturated heterocycles. The Hall–Kier alpha value is -1.89. The van der Waals surface area contributed by atoms with E-state index in [1.54, 1.807) is 7.05 Å². The van der Waals surface area contributed by atoms with Crippen molar-refractivity contribution >= 4 is 17.3 Å². The van der Waals surface area contributed by atoms with Gasteiger partial charge in [0.15, 0.2) is 0 Å². The summed E-state index contributed by atoms with van der Waals surface area (Å²) in [5, 5.41) is 13.8. The van der Waals surface area contributed by atoms with Gasteiger partial charge in [-0.3, -0.25) is 10.1 Å². The molecule has 0 unspecified atom stereocenters. The van der Waals surface area contributed by atoms with E-state index in [-0.39, 0.29) is 17.9 Å². The minimum absolute atomic E-state index is 0.0427. The van der Waals surface area contributed by atoms with E-state index < -0.39 is 4.92 Å². The number of morpholine rings is 1. The molecule has 2 heterocycles. The van der Waals surface area contributed by atoms with Gasteiger partial charge >= 0.3 is 0 Å². The molecule has 0 amide bonds. The van der Waals surface area contributed by atoms with Crippen LogP contribution in [0.3, 0.4) is 0 Å². The first-order chi connectivity index (χ1) is 8.99. The van der Waals surface area contributed by atoms with Crippen LogP contribution >= 0.6 is 0 Å². The molecule has 1 N–H and O–H groups in total. The molecule has 2 atom stereocenters. The summed E-state index contributed by atoms with van der Waals surface area (Å²) in [4.78, 5) is 16.9. The Kier molecular flexibility index (Phi) is 3.84. The lowest BCUT2D eigenvalue weighted by Crippen LogP contribution is -2.45. The number of ether oxygens (including phenoxy) is 1. The molecule has 1 fully saturated rings. The Morgan fingerprint density at radius 1 is 1.42 bits per heavy atom. The number of aromatic nitrogens is 1. The van der Waals surface area contributed by atoms with Crippen LogP contribution in [-0.2, 0) is 4.74 Å². The highest BCUT2D eigenvalue weighted by molar-refractivity contribution is 5.56. The van der Waals surface area contributed by atoms with Crippen molar-refractivity contribution < 1.29 is 9.66 Å². The van der Waals surface area contributed by atoms with Gasteiger partial charge in [0.2, 0.25) is 0 Å². The zero-order valence-corrected chi connectivity index (χ0v) is 11.3. The second-order valence-electron chi connectivity index (χ2n) is 4.74. The van der Waals surface area contributed by atoms with Gasteiger partial charge in [0.1, 0.15) is 11.6 Å². The van der Waals surface area contributed by atoms with Gasteiger partial charge in [0.25, 0.3) is 5.69 Å². The molecule has 0 aromatic carbocycles. The molecular weight excluding hydrogens is 248 g/mol.